The smallest absolute Gasteiger partial charge is 0.309 e. The van der Waals surface area contributed by atoms with Crippen molar-refractivity contribution >= 4 is 5.97 Å². The van der Waals surface area contributed by atoms with Crippen LogP contribution in [0.15, 0.2) is 6.20 Å². The predicted molar refractivity (Wildman–Crippen MR) is 62.1 cm³/mol. The van der Waals surface area contributed by atoms with Gasteiger partial charge in [-0.15, -0.1) is 0 Å². The number of ether oxygens (including phenoxy) is 1. The average Bonchev–Trinajstić information content (AvgIpc) is 2.69. The Kier molecular flexibility index (Phi) is 4.52. The van der Waals surface area contributed by atoms with Gasteiger partial charge in [0, 0.05) is 19.2 Å². The van der Waals surface area contributed by atoms with E-state index >= 15 is 0 Å². The molecule has 0 saturated carbocycles. The van der Waals surface area contributed by atoms with Gasteiger partial charge in [-0.1, -0.05) is 13.8 Å². The summed E-state index contributed by atoms with van der Waals surface area (Å²) in [5, 5.41) is 0. The van der Waals surface area contributed by atoms with Gasteiger partial charge in [0.25, 0.3) is 0 Å². The van der Waals surface area contributed by atoms with Crippen LogP contribution in [-0.2, 0) is 22.5 Å². The van der Waals surface area contributed by atoms with E-state index < -0.39 is 0 Å². The van der Waals surface area contributed by atoms with E-state index in [-0.39, 0.29) is 11.9 Å². The van der Waals surface area contributed by atoms with Crippen LogP contribution in [0.25, 0.3) is 0 Å². The molecule has 1 atom stereocenters. The molecule has 1 aliphatic rings. The van der Waals surface area contributed by atoms with Gasteiger partial charge in [-0.05, 0) is 13.3 Å². The number of fused-ring (bicyclic) bond motifs is 1. The predicted octanol–water partition coefficient (Wildman–Crippen LogP) is 1.95. The summed E-state index contributed by atoms with van der Waals surface area (Å²) in [6, 6.07) is 0. The number of methoxy groups -OCH3 is 1. The van der Waals surface area contributed by atoms with E-state index in [9.17, 15) is 4.79 Å². The van der Waals surface area contributed by atoms with Crippen molar-refractivity contribution in [3.8, 4) is 0 Å². The standard InChI is InChI=1S/C10H14N2O2.C2H6/c1-7-6-12-4-3-8(10(13)14-2)5-9(12)11-7;1-2/h6,8H,3-5H2,1-2H3;1-2H3. The monoisotopic (exact) mass is 224 g/mol. The minimum Gasteiger partial charge on any atom is -0.469 e. The van der Waals surface area contributed by atoms with Crippen LogP contribution < -0.4 is 0 Å². The summed E-state index contributed by atoms with van der Waals surface area (Å²) in [5.74, 6) is 0.885. The molecular weight excluding hydrogens is 204 g/mol. The molecule has 0 radical (unpaired) electrons. The molecule has 0 amide bonds. The van der Waals surface area contributed by atoms with Gasteiger partial charge >= 0.3 is 5.97 Å². The zero-order chi connectivity index (χ0) is 12.1. The van der Waals surface area contributed by atoms with Gasteiger partial charge in [-0.3, -0.25) is 4.79 Å². The molecule has 16 heavy (non-hydrogen) atoms. The number of aryl methyl sites for hydroxylation is 2. The summed E-state index contributed by atoms with van der Waals surface area (Å²) < 4.78 is 6.86. The number of imidazole rings is 1. The van der Waals surface area contributed by atoms with Crippen molar-refractivity contribution in [2.75, 3.05) is 7.11 Å². The Labute approximate surface area is 96.6 Å². The van der Waals surface area contributed by atoms with Gasteiger partial charge in [0.2, 0.25) is 0 Å². The first-order valence-electron chi connectivity index (χ1n) is 5.81. The van der Waals surface area contributed by atoms with Gasteiger partial charge in [0.15, 0.2) is 0 Å². The highest BCUT2D eigenvalue weighted by atomic mass is 16.5. The van der Waals surface area contributed by atoms with Crippen LogP contribution in [0, 0.1) is 12.8 Å². The summed E-state index contributed by atoms with van der Waals surface area (Å²) >= 11 is 0. The van der Waals surface area contributed by atoms with Gasteiger partial charge in [0.1, 0.15) is 5.82 Å². The molecule has 1 aliphatic heterocycles. The first-order chi connectivity index (χ1) is 7.70. The van der Waals surface area contributed by atoms with Crippen molar-refractivity contribution in [3.05, 3.63) is 17.7 Å². The number of esters is 1. The summed E-state index contributed by atoms with van der Waals surface area (Å²) in [6.07, 6.45) is 3.60. The Morgan fingerprint density at radius 2 is 2.25 bits per heavy atom. The Morgan fingerprint density at radius 1 is 1.56 bits per heavy atom. The topological polar surface area (TPSA) is 44.1 Å². The molecule has 1 unspecified atom stereocenters. The summed E-state index contributed by atoms with van der Waals surface area (Å²) in [5.41, 5.74) is 1.02. The minimum atomic E-state index is -0.114. The van der Waals surface area contributed by atoms with Crippen molar-refractivity contribution in [2.45, 2.75) is 40.2 Å². The van der Waals surface area contributed by atoms with Gasteiger partial charge in [0.05, 0.1) is 18.7 Å². The first-order valence-corrected chi connectivity index (χ1v) is 5.81. The van der Waals surface area contributed by atoms with Crippen LogP contribution in [-0.4, -0.2) is 22.6 Å². The van der Waals surface area contributed by atoms with Crippen LogP contribution in [0.4, 0.5) is 0 Å². The van der Waals surface area contributed by atoms with E-state index in [1.54, 1.807) is 0 Å². The number of carbonyl (C=O) groups is 1. The fourth-order valence-corrected chi connectivity index (χ4v) is 1.94. The van der Waals surface area contributed by atoms with Crippen LogP contribution in [0.1, 0.15) is 31.8 Å². The third kappa shape index (κ3) is 2.62. The third-order valence-corrected chi connectivity index (χ3v) is 2.66. The zero-order valence-corrected chi connectivity index (χ0v) is 10.5. The lowest BCUT2D eigenvalue weighted by atomic mass is 9.98. The largest absolute Gasteiger partial charge is 0.469 e. The van der Waals surface area contributed by atoms with Crippen LogP contribution in [0.5, 0.6) is 0 Å². The van der Waals surface area contributed by atoms with E-state index in [0.717, 1.165) is 24.5 Å². The van der Waals surface area contributed by atoms with Crippen LogP contribution in [0.3, 0.4) is 0 Å². The molecule has 4 heteroatoms. The van der Waals surface area contributed by atoms with Crippen LogP contribution >= 0.6 is 0 Å². The number of carbonyl (C=O) groups excluding carboxylic acids is 1. The maximum Gasteiger partial charge on any atom is 0.309 e. The van der Waals surface area contributed by atoms with E-state index in [4.69, 9.17) is 4.74 Å². The van der Waals surface area contributed by atoms with E-state index in [2.05, 4.69) is 9.55 Å². The summed E-state index contributed by atoms with van der Waals surface area (Å²) in [7, 11) is 1.44. The second-order valence-electron chi connectivity index (χ2n) is 3.70. The van der Waals surface area contributed by atoms with Crippen LogP contribution in [0.2, 0.25) is 0 Å². The van der Waals surface area contributed by atoms with Gasteiger partial charge < -0.3 is 9.30 Å². The molecule has 2 rings (SSSR count). The van der Waals surface area contributed by atoms with Crippen molar-refractivity contribution in [1.29, 1.82) is 0 Å². The molecule has 0 aromatic carbocycles. The third-order valence-electron chi connectivity index (χ3n) is 2.66. The highest BCUT2D eigenvalue weighted by molar-refractivity contribution is 5.72. The molecule has 0 aliphatic carbocycles. The Bertz CT molecular complexity index is 358. The SMILES string of the molecule is CC.COC(=O)C1CCn2cc(C)nc2C1. The fourth-order valence-electron chi connectivity index (χ4n) is 1.94. The van der Waals surface area contributed by atoms with Crippen molar-refractivity contribution in [3.63, 3.8) is 0 Å². The normalized spacial score (nSPS) is 18.1. The number of rotatable bonds is 1. The average molecular weight is 224 g/mol. The molecule has 4 nitrogen and oxygen atoms in total. The second kappa shape index (κ2) is 5.68. The maximum absolute atomic E-state index is 11.3. The van der Waals surface area contributed by atoms with Gasteiger partial charge in [-0.2, -0.15) is 0 Å². The van der Waals surface area contributed by atoms with Gasteiger partial charge in [-0.25, -0.2) is 4.98 Å². The van der Waals surface area contributed by atoms with E-state index in [0.29, 0.717) is 6.42 Å². The number of hydrogen-bond donors (Lipinski definition) is 0. The quantitative estimate of drug-likeness (QED) is 0.685. The maximum atomic E-state index is 11.3. The summed E-state index contributed by atoms with van der Waals surface area (Å²) in [4.78, 5) is 15.7. The molecule has 0 spiro atoms. The highest BCUT2D eigenvalue weighted by Crippen LogP contribution is 2.20. The molecule has 0 saturated heterocycles. The lowest BCUT2D eigenvalue weighted by molar-refractivity contribution is -0.146. The Hall–Kier alpha value is -1.32. The van der Waals surface area contributed by atoms with Crippen molar-refractivity contribution < 1.29 is 9.53 Å². The van der Waals surface area contributed by atoms with Crippen molar-refractivity contribution in [1.82, 2.24) is 9.55 Å². The highest BCUT2D eigenvalue weighted by Gasteiger charge is 2.26. The number of aromatic nitrogens is 2. The second-order valence-corrected chi connectivity index (χ2v) is 3.70. The lowest BCUT2D eigenvalue weighted by Crippen LogP contribution is -2.26. The van der Waals surface area contributed by atoms with E-state index in [1.165, 1.54) is 7.11 Å². The molecule has 0 fully saturated rings. The molecule has 1 aromatic heterocycles. The Morgan fingerprint density at radius 3 is 2.88 bits per heavy atom. The molecular formula is C12H20N2O2. The minimum absolute atomic E-state index is 0.00528. The molecule has 0 bridgehead atoms. The zero-order valence-electron chi connectivity index (χ0n) is 10.5. The first kappa shape index (κ1) is 12.7. The molecule has 2 heterocycles. The molecule has 90 valence electrons. The number of hydrogen-bond acceptors (Lipinski definition) is 3. The lowest BCUT2D eigenvalue weighted by Gasteiger charge is -2.20. The number of nitrogens with zero attached hydrogens (tertiary/aromatic N) is 2. The molecule has 0 N–H and O–H groups in total. The summed E-state index contributed by atoms with van der Waals surface area (Å²) in [6.45, 7) is 6.84. The van der Waals surface area contributed by atoms with Crippen molar-refractivity contribution in [2.24, 2.45) is 5.92 Å². The Balaban J connectivity index is 0.000000606. The molecule has 1 aromatic rings. The van der Waals surface area contributed by atoms with E-state index in [1.807, 2.05) is 27.0 Å². The fraction of sp³-hybridized carbons (Fsp3) is 0.667.